The average molecular weight is 370 g/mol. The van der Waals surface area contributed by atoms with Gasteiger partial charge >= 0.3 is 58.4 Å². The maximum atomic E-state index is 12.5. The predicted molar refractivity (Wildman–Crippen MR) is 65.3 cm³/mol. The third-order valence-electron chi connectivity index (χ3n) is 2.02. The maximum absolute atomic E-state index is 12.5. The van der Waals surface area contributed by atoms with Crippen LogP contribution in [0.25, 0.3) is 0 Å². The van der Waals surface area contributed by atoms with Crippen molar-refractivity contribution in [1.29, 1.82) is 0 Å². The van der Waals surface area contributed by atoms with Gasteiger partial charge in [-0.1, -0.05) is 12.1 Å². The number of hydrogen-bond acceptors (Lipinski definition) is 1. The van der Waals surface area contributed by atoms with E-state index in [1.165, 1.54) is 12.1 Å². The van der Waals surface area contributed by atoms with E-state index < -0.39 is 12.4 Å². The van der Waals surface area contributed by atoms with Gasteiger partial charge < -0.3 is 12.9 Å². The molecule has 1 aromatic carbocycles. The summed E-state index contributed by atoms with van der Waals surface area (Å²) >= 11 is 5.92. The molecule has 0 saturated carbocycles. The first-order valence-corrected chi connectivity index (χ1v) is 5.67. The zero-order valence-electron chi connectivity index (χ0n) is 8.40. The van der Waals surface area contributed by atoms with E-state index in [0.29, 0.717) is 14.9 Å². The van der Waals surface area contributed by atoms with Gasteiger partial charge in [-0.2, -0.15) is 12.6 Å². The molecule has 0 atom stereocenters. The van der Waals surface area contributed by atoms with E-state index in [2.05, 4.69) is 12.6 Å². The second-order valence-electron chi connectivity index (χ2n) is 3.02. The number of thiol groups is 1. The van der Waals surface area contributed by atoms with Crippen molar-refractivity contribution in [3.05, 3.63) is 26.8 Å². The Bertz CT molecular complexity index is 356. The monoisotopic (exact) mass is 370 g/mol. The van der Waals surface area contributed by atoms with Gasteiger partial charge in [0.15, 0.2) is 0 Å². The molecule has 0 spiro atoms. The minimum absolute atomic E-state index is 0. The average Bonchev–Trinajstić information content (AvgIpc) is 2.07. The van der Waals surface area contributed by atoms with E-state index in [9.17, 15) is 12.9 Å². The van der Waals surface area contributed by atoms with Gasteiger partial charge in [-0.3, -0.25) is 0 Å². The summed E-state index contributed by atoms with van der Waals surface area (Å²) in [4.78, 5) is 0. The molecule has 0 aromatic heterocycles. The fraction of sp³-hybridized carbons (Fsp3) is 0.250. The number of benzene rings is 1. The summed E-state index contributed by atoms with van der Waals surface area (Å²) in [6.45, 7) is -3.10. The Morgan fingerprint density at radius 1 is 1.33 bits per heavy atom. The van der Waals surface area contributed by atoms with Crippen LogP contribution in [0.3, 0.4) is 0 Å². The maximum Gasteiger partial charge on any atom is 1.00 e. The van der Waals surface area contributed by atoms with Gasteiger partial charge in [0.05, 0.1) is 0 Å². The van der Waals surface area contributed by atoms with E-state index in [1.807, 2.05) is 22.6 Å². The molecule has 0 fully saturated rings. The molecule has 0 unspecified atom stereocenters. The molecule has 1 aromatic rings. The van der Waals surface area contributed by atoms with Gasteiger partial charge in [-0.05, 0) is 40.6 Å². The smallest absolute Gasteiger partial charge is 0.445 e. The van der Waals surface area contributed by atoms with Crippen LogP contribution in [0.5, 0.6) is 0 Å². The Hall–Kier alpha value is 1.79. The summed E-state index contributed by atoms with van der Waals surface area (Å²) in [6, 6.07) is 2.37. The minimum Gasteiger partial charge on any atom is -0.445 e. The topological polar surface area (TPSA) is 0 Å². The minimum atomic E-state index is -4.90. The van der Waals surface area contributed by atoms with Crippen LogP contribution in [0.15, 0.2) is 12.1 Å². The molecule has 0 bridgehead atoms. The van der Waals surface area contributed by atoms with Crippen LogP contribution in [0.1, 0.15) is 11.1 Å². The summed E-state index contributed by atoms with van der Waals surface area (Å²) in [7, 11) is 0. The van der Waals surface area contributed by atoms with Gasteiger partial charge in [-0.25, -0.2) is 0 Å². The zero-order chi connectivity index (χ0) is 10.9. The van der Waals surface area contributed by atoms with E-state index >= 15 is 0 Å². The molecule has 0 heterocycles. The summed E-state index contributed by atoms with van der Waals surface area (Å²) in [5.74, 6) is 0.335. The molecule has 0 aliphatic heterocycles. The van der Waals surface area contributed by atoms with Crippen molar-refractivity contribution in [3.8, 4) is 0 Å². The third kappa shape index (κ3) is 4.52. The van der Waals surface area contributed by atoms with E-state index in [0.717, 1.165) is 5.56 Å². The predicted octanol–water partition coefficient (Wildman–Crippen LogP) is 0.0878. The number of halogens is 4. The van der Waals surface area contributed by atoms with Crippen LogP contribution >= 0.6 is 35.2 Å². The Labute approximate surface area is 149 Å². The summed E-state index contributed by atoms with van der Waals surface area (Å²) in [5, 5.41) is 0. The van der Waals surface area contributed by atoms with Gasteiger partial charge in [0.25, 0.3) is 0 Å². The Kier molecular flexibility index (Phi) is 7.45. The first-order valence-electron chi connectivity index (χ1n) is 3.96. The molecule has 78 valence electrons. The molecule has 7 heteroatoms. The molecule has 0 aliphatic carbocycles. The molecule has 0 amide bonds. The van der Waals surface area contributed by atoms with Crippen LogP contribution in [0, 0.1) is 10.5 Å². The van der Waals surface area contributed by atoms with Crippen molar-refractivity contribution in [2.45, 2.75) is 12.7 Å². The standard InChI is InChI=1S/C8H8BF3IS.K/c1-5-6(4-14)2-7(3-8(5)13)9(10,11)12;/h2-3,14H,4H2,1H3;/q-1;+1. The summed E-state index contributed by atoms with van der Waals surface area (Å²) < 4.78 is 38.0. The van der Waals surface area contributed by atoms with Gasteiger partial charge in [0, 0.05) is 9.32 Å². The van der Waals surface area contributed by atoms with Gasteiger partial charge in [0.1, 0.15) is 0 Å². The van der Waals surface area contributed by atoms with Crippen molar-refractivity contribution >= 4 is 47.7 Å². The van der Waals surface area contributed by atoms with Crippen molar-refractivity contribution < 1.29 is 64.3 Å². The molecule has 1 rings (SSSR count). The second-order valence-corrected chi connectivity index (χ2v) is 4.50. The zero-order valence-corrected chi connectivity index (χ0v) is 14.6. The fourth-order valence-electron chi connectivity index (χ4n) is 1.11. The molecule has 0 radical (unpaired) electrons. The molecule has 0 saturated heterocycles. The third-order valence-corrected chi connectivity index (χ3v) is 3.48. The SMILES string of the molecule is Cc1c(I)cc([B-](F)(F)F)cc1CS.[K+]. The molecule has 0 N–H and O–H groups in total. The van der Waals surface area contributed by atoms with Crippen molar-refractivity contribution in [1.82, 2.24) is 0 Å². The Morgan fingerprint density at radius 3 is 2.27 bits per heavy atom. The van der Waals surface area contributed by atoms with Crippen LogP contribution in [0.4, 0.5) is 12.9 Å². The van der Waals surface area contributed by atoms with Gasteiger partial charge in [-0.15, -0.1) is 5.46 Å². The Balaban J connectivity index is 0.00000196. The number of rotatable bonds is 2. The molecular weight excluding hydrogens is 362 g/mol. The van der Waals surface area contributed by atoms with Crippen LogP contribution in [-0.2, 0) is 5.75 Å². The summed E-state index contributed by atoms with van der Waals surface area (Å²) in [6.07, 6.45) is 0. The van der Waals surface area contributed by atoms with Gasteiger partial charge in [0.2, 0.25) is 0 Å². The van der Waals surface area contributed by atoms with Crippen LogP contribution in [0.2, 0.25) is 0 Å². The van der Waals surface area contributed by atoms with Crippen LogP contribution < -0.4 is 56.8 Å². The van der Waals surface area contributed by atoms with Crippen molar-refractivity contribution in [2.75, 3.05) is 0 Å². The first kappa shape index (κ1) is 16.8. The normalized spacial score (nSPS) is 11.1. The first-order chi connectivity index (χ1) is 6.36. The van der Waals surface area contributed by atoms with Crippen molar-refractivity contribution in [3.63, 3.8) is 0 Å². The van der Waals surface area contributed by atoms with E-state index in [-0.39, 0.29) is 51.4 Å². The number of hydrogen-bond donors (Lipinski definition) is 1. The largest absolute Gasteiger partial charge is 1.00 e. The molecule has 0 nitrogen and oxygen atoms in total. The van der Waals surface area contributed by atoms with E-state index in [1.54, 1.807) is 6.92 Å². The second kappa shape index (κ2) is 6.65. The molecule has 15 heavy (non-hydrogen) atoms. The quantitative estimate of drug-likeness (QED) is 0.426. The fourth-order valence-corrected chi connectivity index (χ4v) is 2.15. The van der Waals surface area contributed by atoms with Crippen molar-refractivity contribution in [2.24, 2.45) is 0 Å². The van der Waals surface area contributed by atoms with Crippen LogP contribution in [-0.4, -0.2) is 6.98 Å². The molecule has 0 aliphatic rings. The summed E-state index contributed by atoms with van der Waals surface area (Å²) in [5.41, 5.74) is 0.989. The van der Waals surface area contributed by atoms with E-state index in [4.69, 9.17) is 0 Å². The molecular formula is C8H8BF3IKS. The Morgan fingerprint density at radius 2 is 1.87 bits per heavy atom.